The van der Waals surface area contributed by atoms with Gasteiger partial charge >= 0.3 is 6.03 Å². The van der Waals surface area contributed by atoms with Gasteiger partial charge in [0.1, 0.15) is 5.82 Å². The number of carbonyl (C=O) groups excluding carboxylic acids is 1. The Morgan fingerprint density at radius 1 is 1.18 bits per heavy atom. The van der Waals surface area contributed by atoms with E-state index in [1.165, 1.54) is 17.2 Å². The van der Waals surface area contributed by atoms with E-state index in [1.54, 1.807) is 17.8 Å². The Morgan fingerprint density at radius 3 is 2.79 bits per heavy atom. The van der Waals surface area contributed by atoms with Gasteiger partial charge in [0.25, 0.3) is 0 Å². The van der Waals surface area contributed by atoms with Gasteiger partial charge in [-0.25, -0.2) is 9.18 Å². The molecule has 1 N–H and O–H groups in total. The average molecular weight is 400 g/mol. The van der Waals surface area contributed by atoms with Gasteiger partial charge in [-0.1, -0.05) is 29.8 Å². The largest absolute Gasteiger partial charge is 0.331 e. The number of halogens is 1. The number of carbonyl (C=O) groups is 1. The van der Waals surface area contributed by atoms with Gasteiger partial charge < -0.3 is 10.2 Å². The van der Waals surface area contributed by atoms with E-state index in [2.05, 4.69) is 41.4 Å². The molecular weight excluding hydrogens is 373 g/mol. The molecule has 2 amide bonds. The molecule has 2 aromatic rings. The molecule has 4 nitrogen and oxygen atoms in total. The van der Waals surface area contributed by atoms with Crippen molar-refractivity contribution in [2.24, 2.45) is 0 Å². The molecule has 6 heteroatoms. The van der Waals surface area contributed by atoms with Crippen molar-refractivity contribution in [3.8, 4) is 0 Å². The normalized spacial score (nSPS) is 19.9. The van der Waals surface area contributed by atoms with Gasteiger partial charge in [-0.15, -0.1) is 11.8 Å². The third kappa shape index (κ3) is 4.50. The number of urea groups is 1. The van der Waals surface area contributed by atoms with Gasteiger partial charge in [-0.05, 0) is 42.7 Å². The fraction of sp³-hybridized carbons (Fsp3) is 0.409. The van der Waals surface area contributed by atoms with E-state index in [9.17, 15) is 9.18 Å². The second-order valence-corrected chi connectivity index (χ2v) is 8.71. The van der Waals surface area contributed by atoms with Gasteiger partial charge in [-0.3, -0.25) is 4.90 Å². The Labute approximate surface area is 170 Å². The predicted molar refractivity (Wildman–Crippen MR) is 111 cm³/mol. The van der Waals surface area contributed by atoms with Crippen LogP contribution >= 0.6 is 11.8 Å². The molecule has 2 aliphatic heterocycles. The summed E-state index contributed by atoms with van der Waals surface area (Å²) in [6.45, 7) is 6.20. The maximum Gasteiger partial charge on any atom is 0.317 e. The van der Waals surface area contributed by atoms with E-state index in [-0.39, 0.29) is 17.9 Å². The standard InChI is InChI=1S/C22H26FN3OS/c1-16-3-2-4-17(13-16)15-25-8-10-26(11-9-25)22(27)24-20-7-12-28-21-6-5-18(23)14-19(20)21/h2-6,13-14,20H,7-12,15H2,1H3,(H,24,27). The molecule has 0 radical (unpaired) electrons. The first-order valence-corrected chi connectivity index (χ1v) is 10.8. The number of hydrogen-bond acceptors (Lipinski definition) is 3. The quantitative estimate of drug-likeness (QED) is 0.840. The van der Waals surface area contributed by atoms with E-state index in [0.29, 0.717) is 0 Å². The van der Waals surface area contributed by atoms with Crippen LogP contribution in [0.5, 0.6) is 0 Å². The number of fused-ring (bicyclic) bond motifs is 1. The lowest BCUT2D eigenvalue weighted by Gasteiger charge is -2.36. The van der Waals surface area contributed by atoms with Crippen LogP contribution in [0.25, 0.3) is 0 Å². The van der Waals surface area contributed by atoms with E-state index in [4.69, 9.17) is 0 Å². The maximum atomic E-state index is 13.7. The molecule has 0 saturated carbocycles. The van der Waals surface area contributed by atoms with Crippen LogP contribution in [0.3, 0.4) is 0 Å². The van der Waals surface area contributed by atoms with Crippen LogP contribution in [-0.2, 0) is 6.54 Å². The first-order valence-electron chi connectivity index (χ1n) is 9.84. The summed E-state index contributed by atoms with van der Waals surface area (Å²) in [5.41, 5.74) is 3.50. The van der Waals surface area contributed by atoms with Gasteiger partial charge in [0, 0.05) is 43.4 Å². The Balaban J connectivity index is 1.32. The first-order chi connectivity index (χ1) is 13.6. The van der Waals surface area contributed by atoms with Crippen LogP contribution in [0.2, 0.25) is 0 Å². The van der Waals surface area contributed by atoms with Gasteiger partial charge in [0.15, 0.2) is 0 Å². The summed E-state index contributed by atoms with van der Waals surface area (Å²) in [6.07, 6.45) is 0.834. The van der Waals surface area contributed by atoms with Gasteiger partial charge in [0.2, 0.25) is 0 Å². The molecule has 0 aliphatic carbocycles. The summed E-state index contributed by atoms with van der Waals surface area (Å²) in [6, 6.07) is 13.3. The summed E-state index contributed by atoms with van der Waals surface area (Å²) in [5, 5.41) is 3.13. The van der Waals surface area contributed by atoms with Crippen molar-refractivity contribution in [1.29, 1.82) is 0 Å². The number of benzene rings is 2. The van der Waals surface area contributed by atoms with E-state index >= 15 is 0 Å². The van der Waals surface area contributed by atoms with E-state index < -0.39 is 0 Å². The number of amides is 2. The molecule has 0 bridgehead atoms. The molecule has 1 fully saturated rings. The topological polar surface area (TPSA) is 35.6 Å². The Bertz CT molecular complexity index is 851. The number of hydrogen-bond donors (Lipinski definition) is 1. The van der Waals surface area contributed by atoms with Gasteiger partial charge in [0.05, 0.1) is 6.04 Å². The Kier molecular flexibility index (Phi) is 5.87. The second kappa shape index (κ2) is 8.53. The minimum Gasteiger partial charge on any atom is -0.331 e. The van der Waals surface area contributed by atoms with Crippen molar-refractivity contribution in [3.63, 3.8) is 0 Å². The van der Waals surface area contributed by atoms with Crippen LogP contribution in [0.1, 0.15) is 29.2 Å². The zero-order valence-corrected chi connectivity index (χ0v) is 17.0. The fourth-order valence-corrected chi connectivity index (χ4v) is 5.04. The van der Waals surface area contributed by atoms with Crippen molar-refractivity contribution in [3.05, 3.63) is 65.0 Å². The zero-order valence-electron chi connectivity index (χ0n) is 16.2. The third-order valence-corrected chi connectivity index (χ3v) is 6.58. The summed E-state index contributed by atoms with van der Waals surface area (Å²) in [5.74, 6) is 0.693. The molecule has 2 heterocycles. The monoisotopic (exact) mass is 399 g/mol. The smallest absolute Gasteiger partial charge is 0.317 e. The van der Waals surface area contributed by atoms with Crippen molar-refractivity contribution in [1.82, 2.24) is 15.1 Å². The highest BCUT2D eigenvalue weighted by molar-refractivity contribution is 7.99. The molecule has 2 aromatic carbocycles. The minimum absolute atomic E-state index is 0.0395. The lowest BCUT2D eigenvalue weighted by Crippen LogP contribution is -2.52. The zero-order chi connectivity index (χ0) is 19.5. The molecule has 1 atom stereocenters. The highest BCUT2D eigenvalue weighted by Crippen LogP contribution is 2.36. The highest BCUT2D eigenvalue weighted by Gasteiger charge is 2.27. The van der Waals surface area contributed by atoms with Crippen molar-refractivity contribution in [2.75, 3.05) is 31.9 Å². The molecule has 0 aromatic heterocycles. The average Bonchev–Trinajstić information content (AvgIpc) is 2.69. The fourth-order valence-electron chi connectivity index (χ4n) is 3.93. The van der Waals surface area contributed by atoms with Crippen LogP contribution in [-0.4, -0.2) is 47.8 Å². The number of piperazine rings is 1. The number of aryl methyl sites for hydroxylation is 1. The summed E-state index contributed by atoms with van der Waals surface area (Å²) >= 11 is 1.73. The SMILES string of the molecule is Cc1cccc(CN2CCN(C(=O)NC3CCSc4ccc(F)cc43)CC2)c1. The van der Waals surface area contributed by atoms with Crippen molar-refractivity contribution >= 4 is 17.8 Å². The molecule has 1 saturated heterocycles. The van der Waals surface area contributed by atoms with Crippen LogP contribution in [0, 0.1) is 12.7 Å². The number of nitrogens with one attached hydrogen (secondary N) is 1. The molecule has 148 valence electrons. The van der Waals surface area contributed by atoms with E-state index in [0.717, 1.165) is 55.4 Å². The lowest BCUT2D eigenvalue weighted by atomic mass is 10.0. The summed E-state index contributed by atoms with van der Waals surface area (Å²) in [4.78, 5) is 18.1. The van der Waals surface area contributed by atoms with Crippen LogP contribution in [0.15, 0.2) is 47.4 Å². The molecular formula is C22H26FN3OS. The summed E-state index contributed by atoms with van der Waals surface area (Å²) in [7, 11) is 0. The van der Waals surface area contributed by atoms with Crippen molar-refractivity contribution in [2.45, 2.75) is 30.8 Å². The second-order valence-electron chi connectivity index (χ2n) is 7.57. The molecule has 28 heavy (non-hydrogen) atoms. The molecule has 2 aliphatic rings. The lowest BCUT2D eigenvalue weighted by molar-refractivity contribution is 0.133. The van der Waals surface area contributed by atoms with Crippen molar-refractivity contribution < 1.29 is 9.18 Å². The third-order valence-electron chi connectivity index (χ3n) is 5.46. The molecule has 4 rings (SSSR count). The first kappa shape index (κ1) is 19.3. The van der Waals surface area contributed by atoms with E-state index in [1.807, 2.05) is 11.0 Å². The molecule has 1 unspecified atom stereocenters. The Hall–Kier alpha value is -2.05. The highest BCUT2D eigenvalue weighted by atomic mass is 32.2. The minimum atomic E-state index is -0.245. The van der Waals surface area contributed by atoms with Gasteiger partial charge in [-0.2, -0.15) is 0 Å². The van der Waals surface area contributed by atoms with Crippen LogP contribution < -0.4 is 5.32 Å². The predicted octanol–water partition coefficient (Wildman–Crippen LogP) is 4.20. The summed E-state index contributed by atoms with van der Waals surface area (Å²) < 4.78 is 13.7. The number of nitrogens with zero attached hydrogens (tertiary/aromatic N) is 2. The maximum absolute atomic E-state index is 13.7. The molecule has 0 spiro atoms. The van der Waals surface area contributed by atoms with Crippen LogP contribution in [0.4, 0.5) is 9.18 Å². The number of thioether (sulfide) groups is 1. The Morgan fingerprint density at radius 2 is 2.00 bits per heavy atom. The number of rotatable bonds is 3.